The van der Waals surface area contributed by atoms with E-state index in [0.29, 0.717) is 0 Å². The molecule has 1 amide bonds. The van der Waals surface area contributed by atoms with E-state index in [2.05, 4.69) is 11.4 Å². The number of benzene rings is 3. The van der Waals surface area contributed by atoms with Gasteiger partial charge in [-0.25, -0.2) is 8.42 Å². The molecule has 1 atom stereocenters. The fraction of sp³-hybridized carbons (Fsp3) is 0.321. The highest BCUT2D eigenvalue weighted by molar-refractivity contribution is 7.89. The Kier molecular flexibility index (Phi) is 5.84. The molecule has 37 heavy (non-hydrogen) atoms. The lowest BCUT2D eigenvalue weighted by Gasteiger charge is -2.35. The molecule has 1 heterocycles. The second kappa shape index (κ2) is 9.08. The number of aryl methyl sites for hydroxylation is 2. The van der Waals surface area contributed by atoms with Crippen molar-refractivity contribution >= 4 is 27.3 Å². The Balaban J connectivity index is 1.38. The fourth-order valence-electron chi connectivity index (χ4n) is 6.02. The third-order valence-corrected chi connectivity index (χ3v) is 9.75. The summed E-state index contributed by atoms with van der Waals surface area (Å²) in [4.78, 5) is 24.3. The minimum atomic E-state index is -4.11. The van der Waals surface area contributed by atoms with Crippen molar-refractivity contribution in [2.24, 2.45) is 0 Å². The van der Waals surface area contributed by atoms with Gasteiger partial charge >= 0.3 is 0 Å². The van der Waals surface area contributed by atoms with Crippen LogP contribution in [0.15, 0.2) is 59.5 Å². The van der Waals surface area contributed by atoms with E-state index >= 15 is 0 Å². The molecule has 0 saturated heterocycles. The van der Waals surface area contributed by atoms with Gasteiger partial charge in [0.15, 0.2) is 0 Å². The first-order valence-corrected chi connectivity index (χ1v) is 14.1. The highest BCUT2D eigenvalue weighted by Gasteiger charge is 2.40. The van der Waals surface area contributed by atoms with Gasteiger partial charge in [0.1, 0.15) is 6.04 Å². The molecule has 1 N–H and O–H groups in total. The van der Waals surface area contributed by atoms with Crippen molar-refractivity contribution < 1.29 is 18.1 Å². The standard InChI is InChI=1S/C28H27N3O5S/c32-28(29-27-24-9-3-7-19(24)15-20-8-4-10-25(20)27)26-16-18-5-1-2-6-21(18)17-30(26)37(35,36)23-13-11-22(12-14-23)31(33)34/h1-2,5-6,11-15,26H,3-4,7-10,16-17H2,(H,29,32). The van der Waals surface area contributed by atoms with Crippen LogP contribution in [0.2, 0.25) is 0 Å². The summed E-state index contributed by atoms with van der Waals surface area (Å²) in [5.41, 5.74) is 7.45. The van der Waals surface area contributed by atoms with Crippen molar-refractivity contribution in [3.05, 3.63) is 98.1 Å². The molecule has 0 bridgehead atoms. The van der Waals surface area contributed by atoms with Crippen LogP contribution in [0.25, 0.3) is 0 Å². The second-order valence-corrected chi connectivity index (χ2v) is 11.9. The first kappa shape index (κ1) is 23.8. The second-order valence-electron chi connectivity index (χ2n) is 10.0. The third kappa shape index (κ3) is 4.12. The van der Waals surface area contributed by atoms with Crippen molar-refractivity contribution in [3.63, 3.8) is 0 Å². The van der Waals surface area contributed by atoms with E-state index in [1.807, 2.05) is 24.3 Å². The quantitative estimate of drug-likeness (QED) is 0.400. The number of hydrogen-bond donors (Lipinski definition) is 1. The van der Waals surface area contributed by atoms with Crippen molar-refractivity contribution in [2.45, 2.75) is 62.4 Å². The number of sulfonamides is 1. The summed E-state index contributed by atoms with van der Waals surface area (Å²) in [6.07, 6.45) is 6.20. The summed E-state index contributed by atoms with van der Waals surface area (Å²) in [6.45, 7) is 0.0542. The number of fused-ring (bicyclic) bond motifs is 3. The van der Waals surface area contributed by atoms with Gasteiger partial charge in [-0.2, -0.15) is 4.31 Å². The van der Waals surface area contributed by atoms with Gasteiger partial charge in [0.2, 0.25) is 15.9 Å². The first-order valence-electron chi connectivity index (χ1n) is 12.6. The number of carbonyl (C=O) groups excluding carboxylic acids is 1. The molecule has 0 saturated carbocycles. The number of nitrogens with zero attached hydrogens (tertiary/aromatic N) is 2. The summed E-state index contributed by atoms with van der Waals surface area (Å²) in [5.74, 6) is -0.339. The van der Waals surface area contributed by atoms with Crippen LogP contribution >= 0.6 is 0 Å². The van der Waals surface area contributed by atoms with Crippen LogP contribution in [0, 0.1) is 10.1 Å². The van der Waals surface area contributed by atoms with Crippen molar-refractivity contribution in [3.8, 4) is 0 Å². The maximum absolute atomic E-state index is 13.9. The van der Waals surface area contributed by atoms with Crippen LogP contribution in [-0.4, -0.2) is 29.6 Å². The lowest BCUT2D eigenvalue weighted by Crippen LogP contribution is -2.50. The number of amides is 1. The Morgan fingerprint density at radius 2 is 1.51 bits per heavy atom. The summed E-state index contributed by atoms with van der Waals surface area (Å²) in [7, 11) is -4.11. The summed E-state index contributed by atoms with van der Waals surface area (Å²) < 4.78 is 28.8. The molecule has 0 spiro atoms. The number of rotatable bonds is 5. The van der Waals surface area contributed by atoms with E-state index in [0.717, 1.165) is 55.3 Å². The monoisotopic (exact) mass is 517 g/mol. The normalized spacial score (nSPS) is 18.6. The summed E-state index contributed by atoms with van der Waals surface area (Å²) in [6, 6.07) is 13.7. The van der Waals surface area contributed by atoms with Gasteiger partial charge in [-0.3, -0.25) is 14.9 Å². The van der Waals surface area contributed by atoms with Crippen LogP contribution in [0.3, 0.4) is 0 Å². The van der Waals surface area contributed by atoms with E-state index in [4.69, 9.17) is 0 Å². The Bertz CT molecular complexity index is 1500. The Hall–Kier alpha value is -3.56. The van der Waals surface area contributed by atoms with Gasteiger partial charge in [0.05, 0.1) is 9.82 Å². The molecule has 2 aliphatic carbocycles. The molecule has 9 heteroatoms. The molecule has 1 unspecified atom stereocenters. The molecular weight excluding hydrogens is 490 g/mol. The van der Waals surface area contributed by atoms with E-state index in [1.165, 1.54) is 50.8 Å². The lowest BCUT2D eigenvalue weighted by atomic mass is 9.94. The minimum Gasteiger partial charge on any atom is -0.324 e. The zero-order valence-corrected chi connectivity index (χ0v) is 21.1. The first-order chi connectivity index (χ1) is 17.8. The number of nitrogens with one attached hydrogen (secondary N) is 1. The molecule has 3 aliphatic rings. The van der Waals surface area contributed by atoms with Crippen LogP contribution in [0.5, 0.6) is 0 Å². The topological polar surface area (TPSA) is 110 Å². The van der Waals surface area contributed by atoms with Crippen LogP contribution in [-0.2, 0) is 53.5 Å². The molecule has 3 aromatic rings. The number of anilines is 1. The number of nitro groups is 1. The molecule has 8 nitrogen and oxygen atoms in total. The molecule has 0 fully saturated rings. The predicted octanol–water partition coefficient (Wildman–Crippen LogP) is 4.33. The Labute approximate surface area is 215 Å². The molecule has 0 radical (unpaired) electrons. The highest BCUT2D eigenvalue weighted by atomic mass is 32.2. The average Bonchev–Trinajstić information content (AvgIpc) is 3.57. The van der Waals surface area contributed by atoms with Gasteiger partial charge in [-0.15, -0.1) is 0 Å². The third-order valence-electron chi connectivity index (χ3n) is 7.88. The summed E-state index contributed by atoms with van der Waals surface area (Å²) >= 11 is 0. The van der Waals surface area contributed by atoms with Crippen molar-refractivity contribution in [1.82, 2.24) is 4.31 Å². The van der Waals surface area contributed by atoms with Crippen LogP contribution in [0.4, 0.5) is 11.4 Å². The van der Waals surface area contributed by atoms with E-state index in [1.54, 1.807) is 0 Å². The van der Waals surface area contributed by atoms with Crippen molar-refractivity contribution in [1.29, 1.82) is 0 Å². The fourth-order valence-corrected chi connectivity index (χ4v) is 7.59. The maximum atomic E-state index is 13.9. The van der Waals surface area contributed by atoms with E-state index < -0.39 is 21.0 Å². The lowest BCUT2D eigenvalue weighted by molar-refractivity contribution is -0.384. The van der Waals surface area contributed by atoms with Crippen molar-refractivity contribution in [2.75, 3.05) is 5.32 Å². The van der Waals surface area contributed by atoms with Gasteiger partial charge in [0, 0.05) is 24.4 Å². The molecule has 3 aromatic carbocycles. The van der Waals surface area contributed by atoms with Gasteiger partial charge < -0.3 is 5.32 Å². The SMILES string of the molecule is O=C(Nc1c2c(cc3c1CCC3)CCC2)C1Cc2ccccc2CN1S(=O)(=O)c1ccc([N+](=O)[O-])cc1. The predicted molar refractivity (Wildman–Crippen MR) is 139 cm³/mol. The maximum Gasteiger partial charge on any atom is 0.269 e. The average molecular weight is 518 g/mol. The van der Waals surface area contributed by atoms with Gasteiger partial charge in [-0.1, -0.05) is 30.3 Å². The molecule has 6 rings (SSSR count). The number of non-ortho nitro benzene ring substituents is 1. The van der Waals surface area contributed by atoms with Gasteiger partial charge in [-0.05, 0) is 90.5 Å². The van der Waals surface area contributed by atoms with Crippen LogP contribution < -0.4 is 5.32 Å². The molecule has 0 aromatic heterocycles. The molecule has 190 valence electrons. The Morgan fingerprint density at radius 3 is 2.14 bits per heavy atom. The minimum absolute atomic E-state index is 0.0542. The molecule has 1 aliphatic heterocycles. The van der Waals surface area contributed by atoms with E-state index in [9.17, 15) is 23.3 Å². The Morgan fingerprint density at radius 1 is 0.892 bits per heavy atom. The number of nitro benzene ring substituents is 1. The molecular formula is C28H27N3O5S. The van der Waals surface area contributed by atoms with Gasteiger partial charge in [0.25, 0.3) is 5.69 Å². The number of hydrogen-bond acceptors (Lipinski definition) is 5. The van der Waals surface area contributed by atoms with Crippen LogP contribution in [0.1, 0.15) is 46.2 Å². The zero-order valence-electron chi connectivity index (χ0n) is 20.3. The summed E-state index contributed by atoms with van der Waals surface area (Å²) in [5, 5.41) is 14.3. The van der Waals surface area contributed by atoms with E-state index in [-0.39, 0.29) is 29.5 Å². The largest absolute Gasteiger partial charge is 0.324 e. The zero-order chi connectivity index (χ0) is 25.7. The number of carbonyl (C=O) groups is 1. The smallest absolute Gasteiger partial charge is 0.269 e. The highest BCUT2D eigenvalue weighted by Crippen LogP contribution is 2.39.